The third-order valence-corrected chi connectivity index (χ3v) is 5.59. The lowest BCUT2D eigenvalue weighted by Gasteiger charge is -2.13. The van der Waals surface area contributed by atoms with Crippen molar-refractivity contribution in [1.29, 1.82) is 0 Å². The lowest BCUT2D eigenvalue weighted by Crippen LogP contribution is -2.16. The Hall–Kier alpha value is -3.27. The summed E-state index contributed by atoms with van der Waals surface area (Å²) in [5, 5.41) is 7.47. The number of amides is 1. The molecule has 0 aliphatic heterocycles. The fraction of sp³-hybridized carbons (Fsp3) is 0.238. The first kappa shape index (κ1) is 21.0. The molecule has 1 aromatic carbocycles. The Balaban J connectivity index is 1.65. The number of benzene rings is 1. The summed E-state index contributed by atoms with van der Waals surface area (Å²) in [5.41, 5.74) is 1.90. The number of anilines is 1. The highest BCUT2D eigenvalue weighted by atomic mass is 32.1. The van der Waals surface area contributed by atoms with Crippen molar-refractivity contribution in [1.82, 2.24) is 19.7 Å². The van der Waals surface area contributed by atoms with Crippen molar-refractivity contribution in [2.45, 2.75) is 32.9 Å². The van der Waals surface area contributed by atoms with Crippen LogP contribution in [-0.2, 0) is 6.18 Å². The second kappa shape index (κ2) is 7.77. The molecule has 3 heterocycles. The molecule has 0 saturated carbocycles. The van der Waals surface area contributed by atoms with Crippen LogP contribution < -0.4 is 5.32 Å². The van der Waals surface area contributed by atoms with E-state index in [1.807, 2.05) is 39.0 Å². The summed E-state index contributed by atoms with van der Waals surface area (Å²) in [6.45, 7) is 5.72. The third-order valence-electron chi connectivity index (χ3n) is 4.65. The van der Waals surface area contributed by atoms with Crippen LogP contribution in [0.25, 0.3) is 16.0 Å². The number of rotatable bonds is 4. The lowest BCUT2D eigenvalue weighted by molar-refractivity contribution is -0.137. The van der Waals surface area contributed by atoms with Crippen molar-refractivity contribution in [3.05, 3.63) is 65.1 Å². The van der Waals surface area contributed by atoms with Gasteiger partial charge >= 0.3 is 6.18 Å². The maximum Gasteiger partial charge on any atom is 0.417 e. The Morgan fingerprint density at radius 2 is 1.94 bits per heavy atom. The van der Waals surface area contributed by atoms with Crippen LogP contribution in [0, 0.1) is 6.92 Å². The van der Waals surface area contributed by atoms with Gasteiger partial charge in [-0.25, -0.2) is 14.6 Å². The van der Waals surface area contributed by atoms with E-state index < -0.39 is 17.6 Å². The Bertz CT molecular complexity index is 1260. The van der Waals surface area contributed by atoms with Gasteiger partial charge in [0.2, 0.25) is 0 Å². The van der Waals surface area contributed by atoms with Crippen molar-refractivity contribution in [3.63, 3.8) is 0 Å². The number of thiazole rings is 1. The molecule has 160 valence electrons. The van der Waals surface area contributed by atoms with Crippen molar-refractivity contribution < 1.29 is 18.0 Å². The number of carbonyl (C=O) groups is 1. The molecule has 1 N–H and O–H groups in total. The van der Waals surface area contributed by atoms with E-state index in [4.69, 9.17) is 0 Å². The molecule has 0 radical (unpaired) electrons. The SMILES string of the molecule is Cc1ccc2nc(NC(=O)c3cnn(-c4ccc(C(F)(F)F)cn4)c3C(C)C)sc2c1. The van der Waals surface area contributed by atoms with Gasteiger partial charge in [0.05, 0.1) is 33.2 Å². The molecule has 0 spiro atoms. The number of nitrogens with one attached hydrogen (secondary N) is 1. The molecule has 0 aliphatic rings. The zero-order valence-corrected chi connectivity index (χ0v) is 17.7. The molecule has 0 atom stereocenters. The van der Waals surface area contributed by atoms with Crippen LogP contribution in [0.3, 0.4) is 0 Å². The molecule has 0 aliphatic carbocycles. The van der Waals surface area contributed by atoms with Crippen LogP contribution in [-0.4, -0.2) is 25.7 Å². The highest BCUT2D eigenvalue weighted by Gasteiger charge is 2.31. The number of nitrogens with zero attached hydrogens (tertiary/aromatic N) is 4. The lowest BCUT2D eigenvalue weighted by atomic mass is 10.1. The van der Waals surface area contributed by atoms with Gasteiger partial charge in [0.25, 0.3) is 5.91 Å². The predicted octanol–water partition coefficient (Wildman–Crippen LogP) is 5.58. The maximum absolute atomic E-state index is 12.9. The van der Waals surface area contributed by atoms with Gasteiger partial charge < -0.3 is 0 Å². The molecule has 0 fully saturated rings. The quantitative estimate of drug-likeness (QED) is 0.445. The van der Waals surface area contributed by atoms with E-state index in [0.29, 0.717) is 16.4 Å². The summed E-state index contributed by atoms with van der Waals surface area (Å²) in [6.07, 6.45) is -2.33. The second-order valence-corrected chi connectivity index (χ2v) is 8.39. The zero-order chi connectivity index (χ0) is 22.3. The fourth-order valence-electron chi connectivity index (χ4n) is 3.20. The Morgan fingerprint density at radius 3 is 2.58 bits per heavy atom. The van der Waals surface area contributed by atoms with E-state index in [2.05, 4.69) is 20.4 Å². The molecule has 10 heteroatoms. The minimum atomic E-state index is -4.47. The molecule has 4 aromatic rings. The highest BCUT2D eigenvalue weighted by molar-refractivity contribution is 7.22. The van der Waals surface area contributed by atoms with E-state index in [1.165, 1.54) is 28.3 Å². The average molecular weight is 445 g/mol. The van der Waals surface area contributed by atoms with Gasteiger partial charge in [0, 0.05) is 6.20 Å². The number of aromatic nitrogens is 4. The Morgan fingerprint density at radius 1 is 1.16 bits per heavy atom. The molecule has 0 saturated heterocycles. The molecule has 31 heavy (non-hydrogen) atoms. The standard InChI is InChI=1S/C21H18F3N5OS/c1-11(2)18-14(10-26-29(18)17-7-5-13(9-25-17)21(22,23)24)19(30)28-20-27-15-6-4-12(3)8-16(15)31-20/h4-11H,1-3H3,(H,27,28,30). The van der Waals surface area contributed by atoms with Gasteiger partial charge in [-0.2, -0.15) is 18.3 Å². The van der Waals surface area contributed by atoms with Crippen molar-refractivity contribution >= 4 is 32.6 Å². The van der Waals surface area contributed by atoms with Crippen LogP contribution in [0.1, 0.15) is 46.9 Å². The normalized spacial score (nSPS) is 12.0. The molecular weight excluding hydrogens is 427 g/mol. The molecule has 3 aromatic heterocycles. The molecular formula is C21H18F3N5OS. The van der Waals surface area contributed by atoms with Crippen molar-refractivity contribution in [2.24, 2.45) is 0 Å². The van der Waals surface area contributed by atoms with E-state index in [0.717, 1.165) is 28.0 Å². The number of alkyl halides is 3. The van der Waals surface area contributed by atoms with E-state index in [9.17, 15) is 18.0 Å². The number of aryl methyl sites for hydroxylation is 1. The van der Waals surface area contributed by atoms with Crippen LogP contribution in [0.5, 0.6) is 0 Å². The summed E-state index contributed by atoms with van der Waals surface area (Å²) in [5.74, 6) is -0.325. The second-order valence-electron chi connectivity index (χ2n) is 7.36. The summed E-state index contributed by atoms with van der Waals surface area (Å²) in [6, 6.07) is 8.02. The molecule has 0 bridgehead atoms. The topological polar surface area (TPSA) is 72.7 Å². The monoisotopic (exact) mass is 445 g/mol. The molecule has 4 rings (SSSR count). The first-order valence-corrected chi connectivity index (χ1v) is 10.2. The van der Waals surface area contributed by atoms with E-state index in [-0.39, 0.29) is 11.7 Å². The molecule has 6 nitrogen and oxygen atoms in total. The zero-order valence-electron chi connectivity index (χ0n) is 16.9. The fourth-order valence-corrected chi connectivity index (χ4v) is 4.16. The number of carbonyl (C=O) groups excluding carboxylic acids is 1. The van der Waals surface area contributed by atoms with Gasteiger partial charge in [0.1, 0.15) is 0 Å². The first-order valence-electron chi connectivity index (χ1n) is 9.43. The minimum absolute atomic E-state index is 0.134. The van der Waals surface area contributed by atoms with Crippen molar-refractivity contribution in [3.8, 4) is 5.82 Å². The number of hydrogen-bond donors (Lipinski definition) is 1. The van der Waals surface area contributed by atoms with Gasteiger partial charge in [-0.1, -0.05) is 31.3 Å². The average Bonchev–Trinajstić information content (AvgIpc) is 3.31. The smallest absolute Gasteiger partial charge is 0.298 e. The predicted molar refractivity (Wildman–Crippen MR) is 113 cm³/mol. The van der Waals surface area contributed by atoms with Gasteiger partial charge in [-0.3, -0.25) is 10.1 Å². The molecule has 1 amide bonds. The van der Waals surface area contributed by atoms with Gasteiger partial charge in [0.15, 0.2) is 10.9 Å². The van der Waals surface area contributed by atoms with E-state index in [1.54, 1.807) is 0 Å². The third kappa shape index (κ3) is 4.15. The minimum Gasteiger partial charge on any atom is -0.298 e. The molecule has 0 unspecified atom stereocenters. The summed E-state index contributed by atoms with van der Waals surface area (Å²) < 4.78 is 40.8. The van der Waals surface area contributed by atoms with Crippen LogP contribution in [0.2, 0.25) is 0 Å². The summed E-state index contributed by atoms with van der Waals surface area (Å²) >= 11 is 1.37. The van der Waals surface area contributed by atoms with Gasteiger partial charge in [-0.15, -0.1) is 0 Å². The van der Waals surface area contributed by atoms with E-state index >= 15 is 0 Å². The number of fused-ring (bicyclic) bond motifs is 1. The Labute approximate surface area is 179 Å². The maximum atomic E-state index is 12.9. The first-order chi connectivity index (χ1) is 14.6. The largest absolute Gasteiger partial charge is 0.417 e. The van der Waals surface area contributed by atoms with Crippen LogP contribution in [0.15, 0.2) is 42.7 Å². The van der Waals surface area contributed by atoms with Crippen LogP contribution >= 0.6 is 11.3 Å². The van der Waals surface area contributed by atoms with Crippen LogP contribution in [0.4, 0.5) is 18.3 Å². The number of halogens is 3. The number of pyridine rings is 1. The Kier molecular flexibility index (Phi) is 5.26. The summed E-state index contributed by atoms with van der Waals surface area (Å²) in [7, 11) is 0. The van der Waals surface area contributed by atoms with Crippen molar-refractivity contribution in [2.75, 3.05) is 5.32 Å². The summed E-state index contributed by atoms with van der Waals surface area (Å²) in [4.78, 5) is 21.3. The number of hydrogen-bond acceptors (Lipinski definition) is 5. The van der Waals surface area contributed by atoms with Gasteiger partial charge in [-0.05, 0) is 42.7 Å². The highest BCUT2D eigenvalue weighted by Crippen LogP contribution is 2.30.